The molecule has 2 rings (SSSR count). The fourth-order valence-corrected chi connectivity index (χ4v) is 2.70. The predicted octanol–water partition coefficient (Wildman–Crippen LogP) is 0.286. The Labute approximate surface area is 92.4 Å². The number of nitrogens with zero attached hydrogens (tertiary/aromatic N) is 2. The van der Waals surface area contributed by atoms with Gasteiger partial charge in [0, 0.05) is 24.1 Å². The maximum atomic E-state index is 10.7. The highest BCUT2D eigenvalue weighted by Gasteiger charge is 2.15. The monoisotopic (exact) mass is 226 g/mol. The van der Waals surface area contributed by atoms with Crippen molar-refractivity contribution >= 4 is 23.5 Å². The molecule has 1 fully saturated rings. The SMILES string of the molecule is NC(=O)Cn1ccc(NC2CCSC2)n1. The molecule has 5 nitrogen and oxygen atoms in total. The number of hydrogen-bond donors (Lipinski definition) is 2. The summed E-state index contributed by atoms with van der Waals surface area (Å²) in [6, 6.07) is 2.37. The van der Waals surface area contributed by atoms with E-state index in [0.29, 0.717) is 6.04 Å². The molecule has 1 aromatic rings. The lowest BCUT2D eigenvalue weighted by Crippen LogP contribution is -2.20. The molecule has 1 amide bonds. The molecule has 82 valence electrons. The van der Waals surface area contributed by atoms with Gasteiger partial charge in [-0.25, -0.2) is 0 Å². The van der Waals surface area contributed by atoms with E-state index in [1.165, 1.54) is 12.2 Å². The van der Waals surface area contributed by atoms with E-state index in [-0.39, 0.29) is 12.5 Å². The molecule has 0 aromatic carbocycles. The van der Waals surface area contributed by atoms with Gasteiger partial charge in [0.25, 0.3) is 0 Å². The molecule has 1 aromatic heterocycles. The lowest BCUT2D eigenvalue weighted by Gasteiger charge is -2.09. The maximum absolute atomic E-state index is 10.7. The van der Waals surface area contributed by atoms with Gasteiger partial charge in [-0.15, -0.1) is 0 Å². The number of thioether (sulfide) groups is 1. The van der Waals surface area contributed by atoms with Crippen LogP contribution in [0.25, 0.3) is 0 Å². The molecule has 1 atom stereocenters. The number of rotatable bonds is 4. The molecule has 3 N–H and O–H groups in total. The van der Waals surface area contributed by atoms with Crippen LogP contribution in [0, 0.1) is 0 Å². The normalized spacial score (nSPS) is 20.4. The topological polar surface area (TPSA) is 72.9 Å². The van der Waals surface area contributed by atoms with Crippen LogP contribution in [0.1, 0.15) is 6.42 Å². The molecular formula is C9H14N4OS. The number of carbonyl (C=O) groups excluding carboxylic acids is 1. The molecule has 0 bridgehead atoms. The van der Waals surface area contributed by atoms with Crippen molar-refractivity contribution in [2.45, 2.75) is 19.0 Å². The first-order valence-electron chi connectivity index (χ1n) is 4.90. The number of carbonyl (C=O) groups is 1. The molecule has 0 spiro atoms. The smallest absolute Gasteiger partial charge is 0.239 e. The fraction of sp³-hybridized carbons (Fsp3) is 0.556. The van der Waals surface area contributed by atoms with E-state index in [4.69, 9.17) is 5.73 Å². The molecular weight excluding hydrogens is 212 g/mol. The zero-order chi connectivity index (χ0) is 10.7. The Morgan fingerprint density at radius 1 is 1.80 bits per heavy atom. The van der Waals surface area contributed by atoms with Crippen LogP contribution >= 0.6 is 11.8 Å². The molecule has 0 saturated carbocycles. The first-order valence-corrected chi connectivity index (χ1v) is 6.05. The van der Waals surface area contributed by atoms with E-state index in [2.05, 4.69) is 10.4 Å². The van der Waals surface area contributed by atoms with Gasteiger partial charge in [-0.05, 0) is 12.2 Å². The molecule has 1 unspecified atom stereocenters. The van der Waals surface area contributed by atoms with Crippen LogP contribution in [-0.2, 0) is 11.3 Å². The minimum Gasteiger partial charge on any atom is -0.368 e. The van der Waals surface area contributed by atoms with Crippen molar-refractivity contribution in [3.8, 4) is 0 Å². The van der Waals surface area contributed by atoms with Gasteiger partial charge < -0.3 is 11.1 Å². The second kappa shape index (κ2) is 4.57. The summed E-state index contributed by atoms with van der Waals surface area (Å²) in [5.41, 5.74) is 5.07. The van der Waals surface area contributed by atoms with Gasteiger partial charge in [0.1, 0.15) is 12.4 Å². The summed E-state index contributed by atoms with van der Waals surface area (Å²) in [6.07, 6.45) is 2.93. The minimum atomic E-state index is -0.374. The van der Waals surface area contributed by atoms with Crippen molar-refractivity contribution in [1.29, 1.82) is 0 Å². The van der Waals surface area contributed by atoms with Crippen LogP contribution in [0.2, 0.25) is 0 Å². The second-order valence-electron chi connectivity index (χ2n) is 3.57. The predicted molar refractivity (Wildman–Crippen MR) is 60.8 cm³/mol. The maximum Gasteiger partial charge on any atom is 0.239 e. The Morgan fingerprint density at radius 3 is 3.33 bits per heavy atom. The Bertz CT molecular complexity index is 346. The fourth-order valence-electron chi connectivity index (χ4n) is 1.54. The largest absolute Gasteiger partial charge is 0.368 e. The third-order valence-corrected chi connectivity index (χ3v) is 3.40. The number of primary amides is 1. The lowest BCUT2D eigenvalue weighted by atomic mass is 10.3. The van der Waals surface area contributed by atoms with E-state index >= 15 is 0 Å². The van der Waals surface area contributed by atoms with Crippen molar-refractivity contribution in [2.24, 2.45) is 5.73 Å². The van der Waals surface area contributed by atoms with E-state index in [0.717, 1.165) is 11.6 Å². The first-order chi connectivity index (χ1) is 7.24. The van der Waals surface area contributed by atoms with Crippen LogP contribution in [0.5, 0.6) is 0 Å². The van der Waals surface area contributed by atoms with E-state index in [9.17, 15) is 4.79 Å². The standard InChI is InChI=1S/C9H14N4OS/c10-8(14)5-13-3-1-9(12-13)11-7-2-4-15-6-7/h1,3,7H,2,4-6H2,(H2,10,14)(H,11,12). The summed E-state index contributed by atoms with van der Waals surface area (Å²) in [7, 11) is 0. The minimum absolute atomic E-state index is 0.140. The summed E-state index contributed by atoms with van der Waals surface area (Å²) in [6.45, 7) is 0.140. The number of hydrogen-bond acceptors (Lipinski definition) is 4. The van der Waals surface area contributed by atoms with Crippen molar-refractivity contribution in [2.75, 3.05) is 16.8 Å². The molecule has 0 radical (unpaired) electrons. The Balaban J connectivity index is 1.91. The summed E-state index contributed by atoms with van der Waals surface area (Å²) >= 11 is 1.95. The van der Waals surface area contributed by atoms with E-state index in [1.807, 2.05) is 17.8 Å². The molecule has 15 heavy (non-hydrogen) atoms. The van der Waals surface area contributed by atoms with Crippen molar-refractivity contribution in [3.63, 3.8) is 0 Å². The summed E-state index contributed by atoms with van der Waals surface area (Å²) in [4.78, 5) is 10.7. The van der Waals surface area contributed by atoms with Gasteiger partial charge in [-0.3, -0.25) is 9.48 Å². The highest BCUT2D eigenvalue weighted by molar-refractivity contribution is 7.99. The number of aromatic nitrogens is 2. The first kappa shape index (κ1) is 10.4. The van der Waals surface area contributed by atoms with Gasteiger partial charge in [-0.2, -0.15) is 16.9 Å². The zero-order valence-electron chi connectivity index (χ0n) is 8.35. The number of amides is 1. The number of nitrogens with two attached hydrogens (primary N) is 1. The third-order valence-electron chi connectivity index (χ3n) is 2.24. The highest BCUT2D eigenvalue weighted by Crippen LogP contribution is 2.20. The van der Waals surface area contributed by atoms with E-state index in [1.54, 1.807) is 10.9 Å². The molecule has 0 aliphatic carbocycles. The summed E-state index contributed by atoms with van der Waals surface area (Å²) in [5, 5.41) is 7.54. The van der Waals surface area contributed by atoms with Gasteiger partial charge in [0.05, 0.1) is 0 Å². The Hall–Kier alpha value is -1.17. The summed E-state index contributed by atoms with van der Waals surface area (Å²) in [5.74, 6) is 2.78. The molecule has 2 heterocycles. The number of nitrogens with one attached hydrogen (secondary N) is 1. The molecule has 6 heteroatoms. The van der Waals surface area contributed by atoms with Crippen molar-refractivity contribution in [1.82, 2.24) is 9.78 Å². The third kappa shape index (κ3) is 2.89. The highest BCUT2D eigenvalue weighted by atomic mass is 32.2. The van der Waals surface area contributed by atoms with Crippen LogP contribution in [0.15, 0.2) is 12.3 Å². The Kier molecular flexibility index (Phi) is 3.15. The molecule has 1 aliphatic rings. The van der Waals surface area contributed by atoms with Crippen LogP contribution < -0.4 is 11.1 Å². The van der Waals surface area contributed by atoms with Crippen LogP contribution in [0.4, 0.5) is 5.82 Å². The number of anilines is 1. The van der Waals surface area contributed by atoms with E-state index < -0.39 is 0 Å². The average molecular weight is 226 g/mol. The van der Waals surface area contributed by atoms with Crippen LogP contribution in [0.3, 0.4) is 0 Å². The zero-order valence-corrected chi connectivity index (χ0v) is 9.17. The van der Waals surface area contributed by atoms with Gasteiger partial charge in [0.15, 0.2) is 0 Å². The van der Waals surface area contributed by atoms with Gasteiger partial charge >= 0.3 is 0 Å². The average Bonchev–Trinajstić information content (AvgIpc) is 2.77. The second-order valence-corrected chi connectivity index (χ2v) is 4.72. The van der Waals surface area contributed by atoms with Crippen molar-refractivity contribution in [3.05, 3.63) is 12.3 Å². The molecule has 1 saturated heterocycles. The summed E-state index contributed by atoms with van der Waals surface area (Å²) < 4.78 is 1.55. The van der Waals surface area contributed by atoms with Crippen LogP contribution in [-0.4, -0.2) is 33.2 Å². The Morgan fingerprint density at radius 2 is 2.67 bits per heavy atom. The van der Waals surface area contributed by atoms with Crippen molar-refractivity contribution < 1.29 is 4.79 Å². The lowest BCUT2D eigenvalue weighted by molar-refractivity contribution is -0.118. The van der Waals surface area contributed by atoms with Gasteiger partial charge in [-0.1, -0.05) is 0 Å². The quantitative estimate of drug-likeness (QED) is 0.773. The molecule has 1 aliphatic heterocycles. The van der Waals surface area contributed by atoms with Gasteiger partial charge in [0.2, 0.25) is 5.91 Å².